The Morgan fingerprint density at radius 2 is 2.10 bits per heavy atom. The predicted octanol–water partition coefficient (Wildman–Crippen LogP) is 2.79. The Morgan fingerprint density at radius 1 is 1.33 bits per heavy atom. The third-order valence-corrected chi connectivity index (χ3v) is 3.51. The van der Waals surface area contributed by atoms with Crippen molar-refractivity contribution in [2.45, 2.75) is 13.0 Å². The summed E-state index contributed by atoms with van der Waals surface area (Å²) < 4.78 is 12.4. The molecule has 5 nitrogen and oxygen atoms in total. The summed E-state index contributed by atoms with van der Waals surface area (Å²) in [6.45, 7) is 2.87. The summed E-state index contributed by atoms with van der Waals surface area (Å²) in [6.07, 6.45) is 1.92. The van der Waals surface area contributed by atoms with E-state index in [9.17, 15) is 0 Å². The topological polar surface area (TPSA) is 48.3 Å². The minimum absolute atomic E-state index is 0.0477. The largest absolute Gasteiger partial charge is 0.493 e. The minimum atomic E-state index is -0.0477. The monoisotopic (exact) mass is 309 g/mol. The highest BCUT2D eigenvalue weighted by molar-refractivity contribution is 6.32. The third kappa shape index (κ3) is 3.31. The molecule has 21 heavy (non-hydrogen) atoms. The Labute approximate surface area is 129 Å². The number of nitrogens with one attached hydrogen (secondary N) is 1. The summed E-state index contributed by atoms with van der Waals surface area (Å²) in [5.41, 5.74) is 1.92. The van der Waals surface area contributed by atoms with Crippen LogP contribution in [0, 0.1) is 0 Å². The van der Waals surface area contributed by atoms with E-state index in [4.69, 9.17) is 21.1 Å². The summed E-state index contributed by atoms with van der Waals surface area (Å²) in [5, 5.41) is 8.41. The molecule has 0 spiro atoms. The van der Waals surface area contributed by atoms with Crippen LogP contribution >= 0.6 is 11.6 Å². The molecule has 0 amide bonds. The molecule has 1 aromatic carbocycles. The molecule has 1 atom stereocenters. The van der Waals surface area contributed by atoms with Crippen molar-refractivity contribution < 1.29 is 9.47 Å². The van der Waals surface area contributed by atoms with Crippen molar-refractivity contribution >= 4 is 11.6 Å². The second-order valence-electron chi connectivity index (χ2n) is 4.64. The van der Waals surface area contributed by atoms with Crippen molar-refractivity contribution in [3.05, 3.63) is 40.7 Å². The van der Waals surface area contributed by atoms with E-state index in [1.807, 2.05) is 31.4 Å². The van der Waals surface area contributed by atoms with E-state index in [-0.39, 0.29) is 6.04 Å². The number of halogens is 1. The van der Waals surface area contributed by atoms with Crippen LogP contribution in [0.15, 0.2) is 24.4 Å². The maximum absolute atomic E-state index is 6.29. The maximum atomic E-state index is 6.29. The molecule has 6 heteroatoms. The number of aryl methyl sites for hydroxylation is 1. The third-order valence-electron chi connectivity index (χ3n) is 3.23. The van der Waals surface area contributed by atoms with Crippen molar-refractivity contribution in [3.8, 4) is 11.5 Å². The van der Waals surface area contributed by atoms with E-state index in [0.717, 1.165) is 17.8 Å². The van der Waals surface area contributed by atoms with Crippen molar-refractivity contribution in [1.82, 2.24) is 15.1 Å². The molecule has 114 valence electrons. The first-order chi connectivity index (χ1) is 10.1. The Balaban J connectivity index is 2.48. The molecule has 1 N–H and O–H groups in total. The van der Waals surface area contributed by atoms with Crippen LogP contribution in [0.25, 0.3) is 0 Å². The molecular weight excluding hydrogens is 290 g/mol. The van der Waals surface area contributed by atoms with Crippen LogP contribution < -0.4 is 14.8 Å². The predicted molar refractivity (Wildman–Crippen MR) is 83.3 cm³/mol. The standard InChI is InChI=1S/C15H20ClN3O2/c1-5-17-14(12-6-7-19(2)18-12)10-8-11(16)15(21-4)13(9-10)20-3/h6-9,14,17H,5H2,1-4H3. The fourth-order valence-electron chi connectivity index (χ4n) is 2.29. The normalized spacial score (nSPS) is 12.2. The van der Waals surface area contributed by atoms with E-state index >= 15 is 0 Å². The van der Waals surface area contributed by atoms with Gasteiger partial charge in [0, 0.05) is 13.2 Å². The Bertz CT molecular complexity index is 613. The first-order valence-electron chi connectivity index (χ1n) is 6.75. The lowest BCUT2D eigenvalue weighted by molar-refractivity contribution is 0.354. The van der Waals surface area contributed by atoms with E-state index in [1.54, 1.807) is 18.9 Å². The molecule has 2 rings (SSSR count). The average molecular weight is 310 g/mol. The lowest BCUT2D eigenvalue weighted by Gasteiger charge is -2.19. The van der Waals surface area contributed by atoms with Crippen LogP contribution in [0.2, 0.25) is 5.02 Å². The quantitative estimate of drug-likeness (QED) is 0.891. The zero-order valence-electron chi connectivity index (χ0n) is 12.7. The van der Waals surface area contributed by atoms with Gasteiger partial charge in [-0.2, -0.15) is 5.10 Å². The molecule has 0 aliphatic heterocycles. The first-order valence-corrected chi connectivity index (χ1v) is 7.12. The number of benzene rings is 1. The lowest BCUT2D eigenvalue weighted by Crippen LogP contribution is -2.22. The van der Waals surface area contributed by atoms with E-state index in [1.165, 1.54) is 0 Å². The van der Waals surface area contributed by atoms with Crippen LogP contribution in [-0.2, 0) is 7.05 Å². The van der Waals surface area contributed by atoms with Gasteiger partial charge in [-0.15, -0.1) is 0 Å². The van der Waals surface area contributed by atoms with Gasteiger partial charge < -0.3 is 14.8 Å². The van der Waals surface area contributed by atoms with Crippen molar-refractivity contribution in [2.24, 2.45) is 7.05 Å². The van der Waals surface area contributed by atoms with Crippen LogP contribution in [0.5, 0.6) is 11.5 Å². The number of aromatic nitrogens is 2. The second-order valence-corrected chi connectivity index (χ2v) is 5.05. The number of nitrogens with zero attached hydrogens (tertiary/aromatic N) is 2. The number of hydrogen-bond donors (Lipinski definition) is 1. The number of rotatable bonds is 6. The minimum Gasteiger partial charge on any atom is -0.493 e. The molecule has 0 saturated heterocycles. The summed E-state index contributed by atoms with van der Waals surface area (Å²) >= 11 is 6.29. The molecule has 1 aromatic heterocycles. The van der Waals surface area contributed by atoms with Gasteiger partial charge in [0.05, 0.1) is 31.0 Å². The van der Waals surface area contributed by atoms with Crippen molar-refractivity contribution in [2.75, 3.05) is 20.8 Å². The zero-order valence-corrected chi connectivity index (χ0v) is 13.4. The van der Waals surface area contributed by atoms with Crippen LogP contribution in [-0.4, -0.2) is 30.5 Å². The van der Waals surface area contributed by atoms with Crippen LogP contribution in [0.3, 0.4) is 0 Å². The molecule has 0 aliphatic rings. The van der Waals surface area contributed by atoms with Gasteiger partial charge in [0.2, 0.25) is 0 Å². The fraction of sp³-hybridized carbons (Fsp3) is 0.400. The van der Waals surface area contributed by atoms with Gasteiger partial charge in [-0.3, -0.25) is 4.68 Å². The molecule has 0 bridgehead atoms. The maximum Gasteiger partial charge on any atom is 0.179 e. The summed E-state index contributed by atoms with van der Waals surface area (Å²) in [5.74, 6) is 1.15. The van der Waals surface area contributed by atoms with Gasteiger partial charge in [0.15, 0.2) is 11.5 Å². The molecule has 0 fully saturated rings. The zero-order chi connectivity index (χ0) is 15.4. The summed E-state index contributed by atoms with van der Waals surface area (Å²) in [7, 11) is 5.07. The lowest BCUT2D eigenvalue weighted by atomic mass is 10.0. The van der Waals surface area contributed by atoms with Gasteiger partial charge in [0.25, 0.3) is 0 Å². The average Bonchev–Trinajstić information content (AvgIpc) is 2.90. The van der Waals surface area contributed by atoms with Crippen LogP contribution in [0.4, 0.5) is 0 Å². The van der Waals surface area contributed by atoms with Gasteiger partial charge in [-0.25, -0.2) is 0 Å². The molecule has 0 aliphatic carbocycles. The number of hydrogen-bond acceptors (Lipinski definition) is 4. The Kier molecular flexibility index (Phi) is 5.09. The summed E-state index contributed by atoms with van der Waals surface area (Å²) in [6, 6.07) is 5.74. The molecule has 0 radical (unpaired) electrons. The first kappa shape index (κ1) is 15.7. The molecule has 1 heterocycles. The molecule has 2 aromatic rings. The van der Waals surface area contributed by atoms with E-state index in [2.05, 4.69) is 17.3 Å². The second kappa shape index (κ2) is 6.83. The van der Waals surface area contributed by atoms with Gasteiger partial charge >= 0.3 is 0 Å². The number of methoxy groups -OCH3 is 2. The van der Waals surface area contributed by atoms with Gasteiger partial charge in [0.1, 0.15) is 0 Å². The highest BCUT2D eigenvalue weighted by Crippen LogP contribution is 2.38. The van der Waals surface area contributed by atoms with Crippen molar-refractivity contribution in [3.63, 3.8) is 0 Å². The van der Waals surface area contributed by atoms with Gasteiger partial charge in [-0.05, 0) is 30.3 Å². The van der Waals surface area contributed by atoms with E-state index < -0.39 is 0 Å². The highest BCUT2D eigenvalue weighted by Gasteiger charge is 2.20. The molecule has 0 saturated carbocycles. The van der Waals surface area contributed by atoms with E-state index in [0.29, 0.717) is 16.5 Å². The Morgan fingerprint density at radius 3 is 2.62 bits per heavy atom. The smallest absolute Gasteiger partial charge is 0.179 e. The van der Waals surface area contributed by atoms with Crippen LogP contribution in [0.1, 0.15) is 24.2 Å². The summed E-state index contributed by atoms with van der Waals surface area (Å²) in [4.78, 5) is 0. The SMILES string of the molecule is CCNC(c1cc(Cl)c(OC)c(OC)c1)c1ccn(C)n1. The fourth-order valence-corrected chi connectivity index (χ4v) is 2.59. The van der Waals surface area contributed by atoms with Gasteiger partial charge in [-0.1, -0.05) is 18.5 Å². The highest BCUT2D eigenvalue weighted by atomic mass is 35.5. The molecular formula is C15H20ClN3O2. The molecule has 1 unspecified atom stereocenters. The van der Waals surface area contributed by atoms with Crippen molar-refractivity contribution in [1.29, 1.82) is 0 Å². The Hall–Kier alpha value is -1.72. The number of ether oxygens (including phenoxy) is 2.